The van der Waals surface area contributed by atoms with Gasteiger partial charge < -0.3 is 5.32 Å². The van der Waals surface area contributed by atoms with Gasteiger partial charge in [-0.2, -0.15) is 18.3 Å². The van der Waals surface area contributed by atoms with Crippen molar-refractivity contribution in [3.05, 3.63) is 47.5 Å². The van der Waals surface area contributed by atoms with Gasteiger partial charge in [0, 0.05) is 35.8 Å². The van der Waals surface area contributed by atoms with Crippen molar-refractivity contribution < 1.29 is 13.2 Å². The molecule has 4 heterocycles. The van der Waals surface area contributed by atoms with Gasteiger partial charge in [0.05, 0.1) is 0 Å². The van der Waals surface area contributed by atoms with Gasteiger partial charge in [0.25, 0.3) is 5.95 Å². The maximum atomic E-state index is 12.9. The third-order valence-electron chi connectivity index (χ3n) is 4.09. The summed E-state index contributed by atoms with van der Waals surface area (Å²) in [5, 5.41) is 7.72. The Balaban J connectivity index is 1.88. The highest BCUT2D eigenvalue weighted by atomic mass is 19.4. The van der Waals surface area contributed by atoms with Crippen molar-refractivity contribution in [2.45, 2.75) is 19.5 Å². The fraction of sp³-hybridized carbons (Fsp3) is 0.250. The Morgan fingerprint density at radius 3 is 2.80 bits per heavy atom. The Morgan fingerprint density at radius 1 is 1.16 bits per heavy atom. The van der Waals surface area contributed by atoms with Gasteiger partial charge in [-0.15, -0.1) is 0 Å². The molecule has 0 atom stereocenters. The Morgan fingerprint density at radius 2 is 2.00 bits per heavy atom. The molecule has 0 aromatic carbocycles. The summed E-state index contributed by atoms with van der Waals surface area (Å²) in [5.41, 5.74) is 2.16. The van der Waals surface area contributed by atoms with Crippen LogP contribution in [0, 0.1) is 6.92 Å². The molecule has 0 aliphatic carbocycles. The van der Waals surface area contributed by atoms with E-state index in [1.807, 2.05) is 6.07 Å². The second-order valence-corrected chi connectivity index (χ2v) is 5.64. The fourth-order valence-electron chi connectivity index (χ4n) is 2.90. The average Bonchev–Trinajstić information content (AvgIpc) is 2.81. The lowest BCUT2D eigenvalue weighted by atomic mass is 10.1. The van der Waals surface area contributed by atoms with Crippen LogP contribution in [0.4, 0.5) is 19.0 Å². The van der Waals surface area contributed by atoms with Crippen LogP contribution in [-0.2, 0) is 12.6 Å². The highest BCUT2D eigenvalue weighted by molar-refractivity contribution is 5.76. The summed E-state index contributed by atoms with van der Waals surface area (Å²) in [6.45, 7) is 2.46. The first-order chi connectivity index (χ1) is 11.9. The van der Waals surface area contributed by atoms with Crippen LogP contribution in [-0.4, -0.2) is 31.3 Å². The molecule has 1 aliphatic rings. The monoisotopic (exact) mass is 346 g/mol. The molecule has 1 N–H and O–H groups in total. The van der Waals surface area contributed by atoms with E-state index in [9.17, 15) is 13.2 Å². The number of halogens is 3. The van der Waals surface area contributed by atoms with Crippen LogP contribution in [0.3, 0.4) is 0 Å². The fourth-order valence-corrected chi connectivity index (χ4v) is 2.90. The van der Waals surface area contributed by atoms with Crippen molar-refractivity contribution in [2.75, 3.05) is 11.9 Å². The highest BCUT2D eigenvalue weighted by Crippen LogP contribution is 2.33. The van der Waals surface area contributed by atoms with E-state index in [0.29, 0.717) is 30.2 Å². The number of anilines is 1. The summed E-state index contributed by atoms with van der Waals surface area (Å²) in [7, 11) is 0. The lowest BCUT2D eigenvalue weighted by Gasteiger charge is -2.08. The molecular weight excluding hydrogens is 333 g/mol. The zero-order valence-corrected chi connectivity index (χ0v) is 13.2. The third-order valence-corrected chi connectivity index (χ3v) is 4.09. The Kier molecular flexibility index (Phi) is 3.45. The topological polar surface area (TPSA) is 68.5 Å². The maximum Gasteiger partial charge on any atom is 0.433 e. The van der Waals surface area contributed by atoms with Crippen LogP contribution >= 0.6 is 0 Å². The van der Waals surface area contributed by atoms with E-state index in [2.05, 4.69) is 25.4 Å². The Hall–Kier alpha value is -2.97. The van der Waals surface area contributed by atoms with Crippen molar-refractivity contribution in [1.82, 2.24) is 24.7 Å². The lowest BCUT2D eigenvalue weighted by molar-refractivity contribution is -0.141. The van der Waals surface area contributed by atoms with Gasteiger partial charge in [0.2, 0.25) is 0 Å². The molecule has 3 aromatic rings. The first-order valence-electron chi connectivity index (χ1n) is 7.63. The minimum atomic E-state index is -4.53. The molecule has 0 bridgehead atoms. The molecule has 0 fully saturated rings. The zero-order valence-electron chi connectivity index (χ0n) is 13.2. The number of hydrogen-bond acceptors (Lipinski definition) is 5. The van der Waals surface area contributed by atoms with E-state index in [1.54, 1.807) is 19.2 Å². The van der Waals surface area contributed by atoms with Crippen LogP contribution < -0.4 is 5.32 Å². The predicted octanol–water partition coefficient (Wildman–Crippen LogP) is 3.02. The van der Waals surface area contributed by atoms with Crippen LogP contribution in [0.25, 0.3) is 17.2 Å². The first kappa shape index (κ1) is 15.6. The number of fused-ring (bicyclic) bond motifs is 3. The molecule has 3 aromatic heterocycles. The van der Waals surface area contributed by atoms with Crippen molar-refractivity contribution in [2.24, 2.45) is 0 Å². The van der Waals surface area contributed by atoms with E-state index >= 15 is 0 Å². The van der Waals surface area contributed by atoms with Crippen LogP contribution in [0.2, 0.25) is 0 Å². The summed E-state index contributed by atoms with van der Waals surface area (Å²) < 4.78 is 40.1. The van der Waals surface area contributed by atoms with Gasteiger partial charge in [-0.3, -0.25) is 0 Å². The third kappa shape index (κ3) is 2.61. The minimum Gasteiger partial charge on any atom is -0.369 e. The second-order valence-electron chi connectivity index (χ2n) is 5.64. The van der Waals surface area contributed by atoms with E-state index in [4.69, 9.17) is 0 Å². The van der Waals surface area contributed by atoms with Crippen molar-refractivity contribution >= 4 is 5.82 Å². The molecule has 0 radical (unpaired) electrons. The summed E-state index contributed by atoms with van der Waals surface area (Å²) in [6.07, 6.45) is -1.09. The number of alkyl halides is 3. The van der Waals surface area contributed by atoms with Crippen molar-refractivity contribution in [1.29, 1.82) is 0 Å². The molecule has 4 rings (SSSR count). The van der Waals surface area contributed by atoms with E-state index < -0.39 is 11.9 Å². The number of rotatable bonds is 1. The molecule has 0 spiro atoms. The summed E-state index contributed by atoms with van der Waals surface area (Å²) in [6, 6.07) is 4.52. The molecule has 0 saturated carbocycles. The van der Waals surface area contributed by atoms with Gasteiger partial charge >= 0.3 is 6.18 Å². The predicted molar refractivity (Wildman–Crippen MR) is 84.3 cm³/mol. The standard InChI is InChI=1S/C16H13F3N6/c1-9-10-4-7-21-14-11(3-2-6-20-14)13(10)24-25(9)15-22-8-5-12(23-15)16(17,18)19/h2-3,5-6,8H,4,7H2,1H3,(H,20,21). The van der Waals surface area contributed by atoms with Crippen LogP contribution in [0.5, 0.6) is 0 Å². The SMILES string of the molecule is Cc1c2c(nn1-c1nccc(C(F)(F)F)n1)-c1cccnc1NCC2. The molecule has 9 heteroatoms. The first-order valence-corrected chi connectivity index (χ1v) is 7.63. The average molecular weight is 346 g/mol. The number of hydrogen-bond donors (Lipinski definition) is 1. The molecule has 0 saturated heterocycles. The molecule has 0 unspecified atom stereocenters. The molecular formula is C16H13F3N6. The molecule has 1 aliphatic heterocycles. The van der Waals surface area contributed by atoms with Crippen molar-refractivity contribution in [3.8, 4) is 17.2 Å². The van der Waals surface area contributed by atoms with Gasteiger partial charge in [0.15, 0.2) is 0 Å². The van der Waals surface area contributed by atoms with E-state index in [0.717, 1.165) is 23.4 Å². The van der Waals surface area contributed by atoms with Gasteiger partial charge in [-0.25, -0.2) is 19.6 Å². The number of aromatic nitrogens is 5. The number of nitrogens with zero attached hydrogens (tertiary/aromatic N) is 5. The smallest absolute Gasteiger partial charge is 0.369 e. The normalized spacial score (nSPS) is 13.6. The molecule has 128 valence electrons. The summed E-state index contributed by atoms with van der Waals surface area (Å²) in [5.74, 6) is 0.606. The second kappa shape index (κ2) is 5.54. The van der Waals surface area contributed by atoms with E-state index in [1.165, 1.54) is 4.68 Å². The quantitative estimate of drug-likeness (QED) is 0.734. The highest BCUT2D eigenvalue weighted by Gasteiger charge is 2.33. The molecule has 25 heavy (non-hydrogen) atoms. The Bertz CT molecular complexity index is 947. The minimum absolute atomic E-state index is 0.0983. The van der Waals surface area contributed by atoms with Crippen LogP contribution in [0.15, 0.2) is 30.6 Å². The zero-order chi connectivity index (χ0) is 17.6. The summed E-state index contributed by atoms with van der Waals surface area (Å²) >= 11 is 0. The molecule has 0 amide bonds. The van der Waals surface area contributed by atoms with Gasteiger partial charge in [0.1, 0.15) is 17.2 Å². The maximum absolute atomic E-state index is 12.9. The Labute approximate surface area is 140 Å². The largest absolute Gasteiger partial charge is 0.433 e. The number of pyridine rings is 1. The van der Waals surface area contributed by atoms with Crippen LogP contribution in [0.1, 0.15) is 17.0 Å². The summed E-state index contributed by atoms with van der Waals surface area (Å²) in [4.78, 5) is 11.9. The lowest BCUT2D eigenvalue weighted by Crippen LogP contribution is -2.13. The van der Waals surface area contributed by atoms with Crippen molar-refractivity contribution in [3.63, 3.8) is 0 Å². The molecule has 6 nitrogen and oxygen atoms in total. The number of nitrogens with one attached hydrogen (secondary N) is 1. The van der Waals surface area contributed by atoms with Gasteiger partial charge in [-0.1, -0.05) is 0 Å². The van der Waals surface area contributed by atoms with Gasteiger partial charge in [-0.05, 0) is 31.5 Å². The van der Waals surface area contributed by atoms with E-state index in [-0.39, 0.29) is 5.95 Å².